The topological polar surface area (TPSA) is 37.4 Å². The number of allylic oxidation sites excluding steroid dienone is 1. The first-order chi connectivity index (χ1) is 9.58. The quantitative estimate of drug-likeness (QED) is 0.560. The Morgan fingerprint density at radius 2 is 1.80 bits per heavy atom. The van der Waals surface area contributed by atoms with Crippen molar-refractivity contribution in [3.05, 3.63) is 46.5 Å². The lowest BCUT2D eigenvalue weighted by Gasteiger charge is -2.19. The summed E-state index contributed by atoms with van der Waals surface area (Å²) in [5.41, 5.74) is 0.570. The summed E-state index contributed by atoms with van der Waals surface area (Å²) in [6.07, 6.45) is 4.55. The molecule has 0 atom stereocenters. The van der Waals surface area contributed by atoms with E-state index in [1.165, 1.54) is 12.2 Å². The third kappa shape index (κ3) is 5.29. The third-order valence-electron chi connectivity index (χ3n) is 2.79. The number of carbonyl (C=O) groups is 2. The van der Waals surface area contributed by atoms with E-state index in [9.17, 15) is 9.59 Å². The van der Waals surface area contributed by atoms with E-state index in [-0.39, 0.29) is 11.7 Å². The first-order valence-electron chi connectivity index (χ1n) is 6.85. The van der Waals surface area contributed by atoms with Gasteiger partial charge in [0.1, 0.15) is 0 Å². The minimum Gasteiger partial charge on any atom is -0.339 e. The van der Waals surface area contributed by atoms with Crippen LogP contribution in [0.5, 0.6) is 0 Å². The van der Waals surface area contributed by atoms with E-state index in [2.05, 4.69) is 15.9 Å². The maximum atomic E-state index is 12.0. The van der Waals surface area contributed by atoms with Gasteiger partial charge < -0.3 is 4.90 Å². The van der Waals surface area contributed by atoms with Gasteiger partial charge in [-0.25, -0.2) is 0 Å². The number of benzene rings is 1. The normalized spacial score (nSPS) is 10.8. The zero-order valence-corrected chi connectivity index (χ0v) is 13.5. The van der Waals surface area contributed by atoms with Gasteiger partial charge in [0.2, 0.25) is 5.91 Å². The van der Waals surface area contributed by atoms with Crippen molar-refractivity contribution >= 4 is 27.6 Å². The molecule has 0 spiro atoms. The first kappa shape index (κ1) is 16.6. The fourth-order valence-electron chi connectivity index (χ4n) is 1.86. The molecule has 1 rings (SSSR count). The monoisotopic (exact) mass is 337 g/mol. The average Bonchev–Trinajstić information content (AvgIpc) is 2.44. The number of ketones is 1. The van der Waals surface area contributed by atoms with Crippen LogP contribution in [0.4, 0.5) is 0 Å². The Labute approximate surface area is 128 Å². The molecule has 1 amide bonds. The smallest absolute Gasteiger partial charge is 0.246 e. The first-order valence-corrected chi connectivity index (χ1v) is 7.64. The van der Waals surface area contributed by atoms with Crippen LogP contribution in [0.2, 0.25) is 0 Å². The van der Waals surface area contributed by atoms with Crippen LogP contribution in [0.15, 0.2) is 40.9 Å². The van der Waals surface area contributed by atoms with E-state index in [0.29, 0.717) is 5.56 Å². The molecule has 0 fully saturated rings. The van der Waals surface area contributed by atoms with E-state index < -0.39 is 0 Å². The van der Waals surface area contributed by atoms with Crippen LogP contribution in [0.1, 0.15) is 37.0 Å². The molecular formula is C16H20BrNO2. The highest BCUT2D eigenvalue weighted by atomic mass is 79.9. The van der Waals surface area contributed by atoms with Crippen LogP contribution >= 0.6 is 15.9 Å². The lowest BCUT2D eigenvalue weighted by molar-refractivity contribution is -0.126. The van der Waals surface area contributed by atoms with Crippen molar-refractivity contribution in [2.75, 3.05) is 13.1 Å². The van der Waals surface area contributed by atoms with Crippen molar-refractivity contribution in [3.63, 3.8) is 0 Å². The summed E-state index contributed by atoms with van der Waals surface area (Å²) in [7, 11) is 0. The number of hydrogen-bond acceptors (Lipinski definition) is 2. The van der Waals surface area contributed by atoms with Gasteiger partial charge in [-0.05, 0) is 31.1 Å². The Morgan fingerprint density at radius 3 is 2.35 bits per heavy atom. The van der Waals surface area contributed by atoms with Gasteiger partial charge in [0.05, 0.1) is 0 Å². The molecule has 108 valence electrons. The Hall–Kier alpha value is -1.42. The summed E-state index contributed by atoms with van der Waals surface area (Å²) in [6.45, 7) is 5.52. The fraction of sp³-hybridized carbons (Fsp3) is 0.375. The zero-order chi connectivity index (χ0) is 15.0. The molecular weight excluding hydrogens is 318 g/mol. The van der Waals surface area contributed by atoms with Gasteiger partial charge in [0.25, 0.3) is 0 Å². The highest BCUT2D eigenvalue weighted by molar-refractivity contribution is 9.10. The molecule has 20 heavy (non-hydrogen) atoms. The van der Waals surface area contributed by atoms with Gasteiger partial charge in [-0.2, -0.15) is 0 Å². The highest BCUT2D eigenvalue weighted by Crippen LogP contribution is 2.12. The number of rotatable bonds is 7. The molecule has 0 aliphatic carbocycles. The summed E-state index contributed by atoms with van der Waals surface area (Å²) in [6, 6.07) is 7.13. The van der Waals surface area contributed by atoms with Gasteiger partial charge in [0, 0.05) is 29.2 Å². The molecule has 3 nitrogen and oxygen atoms in total. The van der Waals surface area contributed by atoms with Crippen LogP contribution in [0, 0.1) is 0 Å². The number of hydrogen-bond donors (Lipinski definition) is 0. The minimum absolute atomic E-state index is 0.1000. The molecule has 0 aromatic heterocycles. The average molecular weight is 338 g/mol. The number of nitrogens with zero attached hydrogens (tertiary/aromatic N) is 1. The Kier molecular flexibility index (Phi) is 7.23. The standard InChI is InChI=1S/C16H20BrNO2/c1-3-10-18(11-4-2)16(20)9-8-15(19)13-6-5-7-14(17)12-13/h5-9,12H,3-4,10-11H2,1-2H3/b9-8+. The summed E-state index contributed by atoms with van der Waals surface area (Å²) < 4.78 is 0.849. The predicted octanol–water partition coefficient (Wildman–Crippen LogP) is 3.84. The molecule has 1 aromatic carbocycles. The Balaban J connectivity index is 2.70. The predicted molar refractivity (Wildman–Crippen MR) is 84.8 cm³/mol. The molecule has 0 N–H and O–H groups in total. The zero-order valence-electron chi connectivity index (χ0n) is 11.9. The third-order valence-corrected chi connectivity index (χ3v) is 3.28. The van der Waals surface area contributed by atoms with E-state index in [1.54, 1.807) is 23.1 Å². The SMILES string of the molecule is CCCN(CCC)C(=O)/C=C/C(=O)c1cccc(Br)c1. The van der Waals surface area contributed by atoms with Gasteiger partial charge >= 0.3 is 0 Å². The molecule has 0 saturated heterocycles. The van der Waals surface area contributed by atoms with E-state index in [0.717, 1.165) is 30.4 Å². The Morgan fingerprint density at radius 1 is 1.15 bits per heavy atom. The van der Waals surface area contributed by atoms with Crippen LogP contribution in [-0.2, 0) is 4.79 Å². The molecule has 0 unspecified atom stereocenters. The molecule has 0 aliphatic heterocycles. The maximum absolute atomic E-state index is 12.0. The summed E-state index contributed by atoms with van der Waals surface area (Å²) in [5.74, 6) is -0.260. The molecule has 0 saturated carbocycles. The van der Waals surface area contributed by atoms with Gasteiger partial charge in [-0.3, -0.25) is 9.59 Å². The summed E-state index contributed by atoms with van der Waals surface area (Å²) in [5, 5.41) is 0. The largest absolute Gasteiger partial charge is 0.339 e. The maximum Gasteiger partial charge on any atom is 0.246 e. The van der Waals surface area contributed by atoms with Gasteiger partial charge in [0.15, 0.2) is 5.78 Å². The van der Waals surface area contributed by atoms with Crippen molar-refractivity contribution < 1.29 is 9.59 Å². The second-order valence-electron chi connectivity index (χ2n) is 4.53. The number of amides is 1. The van der Waals surface area contributed by atoms with E-state index >= 15 is 0 Å². The number of halogens is 1. The van der Waals surface area contributed by atoms with Crippen LogP contribution in [-0.4, -0.2) is 29.7 Å². The van der Waals surface area contributed by atoms with Crippen LogP contribution < -0.4 is 0 Å². The molecule has 0 radical (unpaired) electrons. The van der Waals surface area contributed by atoms with Crippen LogP contribution in [0.25, 0.3) is 0 Å². The molecule has 0 heterocycles. The second-order valence-corrected chi connectivity index (χ2v) is 5.45. The Bertz CT molecular complexity index is 491. The van der Waals surface area contributed by atoms with Gasteiger partial charge in [-0.1, -0.05) is 41.9 Å². The molecule has 0 aliphatic rings. The molecule has 4 heteroatoms. The second kappa shape index (κ2) is 8.69. The van der Waals surface area contributed by atoms with Gasteiger partial charge in [-0.15, -0.1) is 0 Å². The van der Waals surface area contributed by atoms with Crippen LogP contribution in [0.3, 0.4) is 0 Å². The summed E-state index contributed by atoms with van der Waals surface area (Å²) >= 11 is 3.32. The highest BCUT2D eigenvalue weighted by Gasteiger charge is 2.09. The van der Waals surface area contributed by atoms with Crippen molar-refractivity contribution in [1.82, 2.24) is 4.90 Å². The molecule has 1 aromatic rings. The van der Waals surface area contributed by atoms with Crippen molar-refractivity contribution in [2.45, 2.75) is 26.7 Å². The van der Waals surface area contributed by atoms with Crippen molar-refractivity contribution in [3.8, 4) is 0 Å². The lowest BCUT2D eigenvalue weighted by Crippen LogP contribution is -2.31. The van der Waals surface area contributed by atoms with E-state index in [4.69, 9.17) is 0 Å². The van der Waals surface area contributed by atoms with Crippen molar-refractivity contribution in [1.29, 1.82) is 0 Å². The van der Waals surface area contributed by atoms with Crippen molar-refractivity contribution in [2.24, 2.45) is 0 Å². The minimum atomic E-state index is -0.160. The number of carbonyl (C=O) groups excluding carboxylic acids is 2. The molecule has 0 bridgehead atoms. The van der Waals surface area contributed by atoms with E-state index in [1.807, 2.05) is 19.9 Å². The fourth-order valence-corrected chi connectivity index (χ4v) is 2.26. The lowest BCUT2D eigenvalue weighted by atomic mass is 10.1. The summed E-state index contributed by atoms with van der Waals surface area (Å²) in [4.78, 5) is 25.7.